The summed E-state index contributed by atoms with van der Waals surface area (Å²) in [6.45, 7) is 1.96. The number of nitrogens with one attached hydrogen (secondary N) is 2. The molecule has 0 radical (unpaired) electrons. The molecule has 1 heterocycles. The Morgan fingerprint density at radius 1 is 1.35 bits per heavy atom. The molecule has 5 nitrogen and oxygen atoms in total. The minimum Gasteiger partial charge on any atom is -0.478 e. The van der Waals surface area contributed by atoms with Crippen LogP contribution in [-0.4, -0.2) is 41.4 Å². The lowest BCUT2D eigenvalue weighted by Crippen LogP contribution is -2.60. The van der Waals surface area contributed by atoms with Crippen molar-refractivity contribution in [3.05, 3.63) is 29.8 Å². The molecule has 1 fully saturated rings. The molecule has 5 heteroatoms. The molecule has 92 valence electrons. The van der Waals surface area contributed by atoms with E-state index in [2.05, 4.69) is 10.6 Å². The summed E-state index contributed by atoms with van der Waals surface area (Å²) >= 11 is 0. The Morgan fingerprint density at radius 3 is 2.47 bits per heavy atom. The van der Waals surface area contributed by atoms with Crippen molar-refractivity contribution in [3.63, 3.8) is 0 Å². The number of carboxylic acids is 1. The van der Waals surface area contributed by atoms with E-state index >= 15 is 0 Å². The van der Waals surface area contributed by atoms with Gasteiger partial charge in [0.2, 0.25) is 0 Å². The number of hydrogen-bond acceptors (Lipinski definition) is 4. The fraction of sp³-hybridized carbons (Fsp3) is 0.417. The van der Waals surface area contributed by atoms with Crippen LogP contribution in [0, 0.1) is 0 Å². The highest BCUT2D eigenvalue weighted by Gasteiger charge is 2.33. The lowest BCUT2D eigenvalue weighted by molar-refractivity contribution is -0.0139. The van der Waals surface area contributed by atoms with E-state index in [1.807, 2.05) is 0 Å². The molecule has 1 aliphatic rings. The first-order valence-electron chi connectivity index (χ1n) is 5.59. The molecule has 1 saturated heterocycles. The van der Waals surface area contributed by atoms with Gasteiger partial charge in [-0.05, 0) is 30.7 Å². The van der Waals surface area contributed by atoms with Crippen LogP contribution in [0.2, 0.25) is 0 Å². The molecule has 0 amide bonds. The zero-order valence-electron chi connectivity index (χ0n) is 9.44. The first-order valence-corrected chi connectivity index (χ1v) is 5.59. The van der Waals surface area contributed by atoms with Crippen LogP contribution in [0.1, 0.15) is 16.8 Å². The quantitative estimate of drug-likeness (QED) is 0.599. The van der Waals surface area contributed by atoms with Crippen molar-refractivity contribution in [2.45, 2.75) is 12.0 Å². The fourth-order valence-electron chi connectivity index (χ4n) is 1.76. The van der Waals surface area contributed by atoms with Crippen molar-refractivity contribution >= 4 is 11.7 Å². The molecule has 0 spiro atoms. The molecule has 1 aromatic rings. The Balaban J connectivity index is 1.80. The number of rotatable bonds is 5. The number of β-amino-alcohol motifs (C(OH)–C–C–N with tert-alkyl or cyclic N) is 1. The fourth-order valence-corrected chi connectivity index (χ4v) is 1.76. The van der Waals surface area contributed by atoms with Crippen molar-refractivity contribution in [1.82, 2.24) is 5.32 Å². The lowest BCUT2D eigenvalue weighted by atomic mass is 9.93. The molecule has 0 bridgehead atoms. The molecule has 0 unspecified atom stereocenters. The van der Waals surface area contributed by atoms with E-state index in [0.29, 0.717) is 26.1 Å². The Kier molecular flexibility index (Phi) is 3.31. The Bertz CT molecular complexity index is 399. The van der Waals surface area contributed by atoms with Crippen molar-refractivity contribution in [3.8, 4) is 0 Å². The van der Waals surface area contributed by atoms with Crippen LogP contribution >= 0.6 is 0 Å². The van der Waals surface area contributed by atoms with Crippen LogP contribution in [-0.2, 0) is 0 Å². The van der Waals surface area contributed by atoms with Gasteiger partial charge in [-0.15, -0.1) is 0 Å². The summed E-state index contributed by atoms with van der Waals surface area (Å²) in [4.78, 5) is 10.6. The van der Waals surface area contributed by atoms with Gasteiger partial charge >= 0.3 is 5.97 Å². The van der Waals surface area contributed by atoms with Crippen LogP contribution in [0.4, 0.5) is 5.69 Å². The van der Waals surface area contributed by atoms with Gasteiger partial charge in [-0.3, -0.25) is 0 Å². The summed E-state index contributed by atoms with van der Waals surface area (Å²) in [6, 6.07) is 6.58. The molecule has 1 aromatic carbocycles. The van der Waals surface area contributed by atoms with E-state index < -0.39 is 11.6 Å². The molecule has 1 aliphatic heterocycles. The van der Waals surface area contributed by atoms with Gasteiger partial charge in [0, 0.05) is 25.3 Å². The van der Waals surface area contributed by atoms with Crippen molar-refractivity contribution < 1.29 is 15.0 Å². The van der Waals surface area contributed by atoms with E-state index in [1.54, 1.807) is 24.3 Å². The zero-order chi connectivity index (χ0) is 12.3. The minimum absolute atomic E-state index is 0.275. The third kappa shape index (κ3) is 2.95. The van der Waals surface area contributed by atoms with Crippen molar-refractivity contribution in [2.75, 3.05) is 25.0 Å². The Labute approximate surface area is 99.5 Å². The highest BCUT2D eigenvalue weighted by molar-refractivity contribution is 5.87. The van der Waals surface area contributed by atoms with Crippen LogP contribution in [0.5, 0.6) is 0 Å². The molecule has 4 N–H and O–H groups in total. The number of aromatic carboxylic acids is 1. The number of carbonyl (C=O) groups is 1. The van der Waals surface area contributed by atoms with Gasteiger partial charge in [0.15, 0.2) is 0 Å². The first kappa shape index (κ1) is 11.9. The van der Waals surface area contributed by atoms with Gasteiger partial charge in [-0.25, -0.2) is 4.79 Å². The minimum atomic E-state index is -0.925. The second-order valence-electron chi connectivity index (χ2n) is 4.39. The predicted octanol–water partition coefficient (Wildman–Crippen LogP) is 0.521. The molecular weight excluding hydrogens is 220 g/mol. The zero-order valence-corrected chi connectivity index (χ0v) is 9.44. The summed E-state index contributed by atoms with van der Waals surface area (Å²) in [5.41, 5.74) is 0.567. The van der Waals surface area contributed by atoms with Crippen molar-refractivity contribution in [1.29, 1.82) is 0 Å². The summed E-state index contributed by atoms with van der Waals surface area (Å²) in [7, 11) is 0. The standard InChI is InChI=1S/C12H16N2O3/c15-11(16)9-1-3-10(4-2-9)14-6-5-12(17)7-13-8-12/h1-4,13-14,17H,5-8H2,(H,15,16). The Morgan fingerprint density at radius 2 is 2.00 bits per heavy atom. The second kappa shape index (κ2) is 4.73. The third-order valence-electron chi connectivity index (χ3n) is 2.96. The van der Waals surface area contributed by atoms with Crippen LogP contribution in [0.15, 0.2) is 24.3 Å². The van der Waals surface area contributed by atoms with E-state index in [4.69, 9.17) is 5.11 Å². The molecule has 0 aliphatic carbocycles. The highest BCUT2D eigenvalue weighted by atomic mass is 16.4. The highest BCUT2D eigenvalue weighted by Crippen LogP contribution is 2.16. The molecule has 0 saturated carbocycles. The summed E-state index contributed by atoms with van der Waals surface area (Å²) in [5, 5.41) is 24.7. The van der Waals surface area contributed by atoms with Crippen LogP contribution in [0.25, 0.3) is 0 Å². The third-order valence-corrected chi connectivity index (χ3v) is 2.96. The number of anilines is 1. The summed E-state index contributed by atoms with van der Waals surface area (Å²) in [5.74, 6) is -0.925. The average molecular weight is 236 g/mol. The van der Waals surface area contributed by atoms with Crippen molar-refractivity contribution in [2.24, 2.45) is 0 Å². The number of benzene rings is 1. The maximum Gasteiger partial charge on any atom is 0.335 e. The Hall–Kier alpha value is -1.59. The van der Waals surface area contributed by atoms with Gasteiger partial charge in [0.25, 0.3) is 0 Å². The maximum atomic E-state index is 10.6. The average Bonchev–Trinajstić information content (AvgIpc) is 2.27. The van der Waals surface area contributed by atoms with Crippen LogP contribution < -0.4 is 10.6 Å². The topological polar surface area (TPSA) is 81.6 Å². The van der Waals surface area contributed by atoms with Gasteiger partial charge in [-0.1, -0.05) is 0 Å². The smallest absolute Gasteiger partial charge is 0.335 e. The molecule has 0 atom stereocenters. The predicted molar refractivity (Wildman–Crippen MR) is 64.3 cm³/mol. The SMILES string of the molecule is O=C(O)c1ccc(NCCC2(O)CNC2)cc1. The van der Waals surface area contributed by atoms with E-state index in [9.17, 15) is 9.90 Å². The van der Waals surface area contributed by atoms with Gasteiger partial charge in [0.05, 0.1) is 11.2 Å². The van der Waals surface area contributed by atoms with Crippen LogP contribution in [0.3, 0.4) is 0 Å². The normalized spacial score (nSPS) is 17.2. The second-order valence-corrected chi connectivity index (χ2v) is 4.39. The molecule has 0 aromatic heterocycles. The summed E-state index contributed by atoms with van der Waals surface area (Å²) < 4.78 is 0. The van der Waals surface area contributed by atoms with Gasteiger partial charge in [-0.2, -0.15) is 0 Å². The lowest BCUT2D eigenvalue weighted by Gasteiger charge is -2.37. The molecule has 2 rings (SSSR count). The molecule has 17 heavy (non-hydrogen) atoms. The number of hydrogen-bond donors (Lipinski definition) is 4. The maximum absolute atomic E-state index is 10.6. The van der Waals surface area contributed by atoms with E-state index in [1.165, 1.54) is 0 Å². The molecular formula is C12H16N2O3. The number of aliphatic hydroxyl groups is 1. The van der Waals surface area contributed by atoms with E-state index in [0.717, 1.165) is 5.69 Å². The monoisotopic (exact) mass is 236 g/mol. The first-order chi connectivity index (χ1) is 8.09. The number of carboxylic acid groups (broad SMARTS) is 1. The largest absolute Gasteiger partial charge is 0.478 e. The summed E-state index contributed by atoms with van der Waals surface area (Å²) in [6.07, 6.45) is 0.681. The van der Waals surface area contributed by atoms with Gasteiger partial charge in [0.1, 0.15) is 0 Å². The van der Waals surface area contributed by atoms with E-state index in [-0.39, 0.29) is 5.56 Å². The van der Waals surface area contributed by atoms with Gasteiger partial charge < -0.3 is 20.8 Å².